The van der Waals surface area contributed by atoms with Crippen LogP contribution in [0.25, 0.3) is 22.2 Å². The Balaban J connectivity index is 1.14. The molecule has 6 nitrogen and oxygen atoms in total. The normalized spacial score (nSPS) is 11.0. The van der Waals surface area contributed by atoms with Gasteiger partial charge in [-0.15, -0.1) is 0 Å². The quantitative estimate of drug-likeness (QED) is 0.185. The maximum atomic E-state index is 13.2. The third-order valence-corrected chi connectivity index (χ3v) is 7.35. The fraction of sp³-hybridized carbons (Fsp3) is 0.108. The van der Waals surface area contributed by atoms with Gasteiger partial charge in [0.25, 0.3) is 5.91 Å². The first kappa shape index (κ1) is 27.8. The highest BCUT2D eigenvalue weighted by atomic mass is 16.1. The van der Waals surface area contributed by atoms with E-state index in [9.17, 15) is 4.79 Å². The molecule has 0 unspecified atom stereocenters. The highest BCUT2D eigenvalue weighted by Gasteiger charge is 2.12. The van der Waals surface area contributed by atoms with E-state index >= 15 is 0 Å². The number of rotatable bonds is 9. The van der Waals surface area contributed by atoms with Crippen LogP contribution in [0.15, 0.2) is 127 Å². The predicted molar refractivity (Wildman–Crippen MR) is 175 cm³/mol. The van der Waals surface area contributed by atoms with E-state index in [0.29, 0.717) is 11.5 Å². The highest BCUT2D eigenvalue weighted by Crippen LogP contribution is 2.28. The Kier molecular flexibility index (Phi) is 8.20. The van der Waals surface area contributed by atoms with Crippen molar-refractivity contribution in [1.82, 2.24) is 14.9 Å². The monoisotopic (exact) mass is 563 g/mol. The largest absolute Gasteiger partial charge is 0.324 e. The third kappa shape index (κ3) is 6.77. The zero-order chi connectivity index (χ0) is 29.6. The Labute approximate surface area is 252 Å². The molecule has 6 rings (SSSR count). The van der Waals surface area contributed by atoms with E-state index in [4.69, 9.17) is 9.97 Å². The standard InChI is InChI=1S/C37H33N5O/c1-26-17-18-28(25-42(2)24-27-11-5-3-6-12-27)23-34(26)39-36(43)30-19-21-31(22-20-30)38-37-40-33-16-10-9-15-32(33)35(41-37)29-13-7-4-8-14-29/h3-23H,24-25H2,1-2H3,(H,39,43)(H,38,40,41). The fourth-order valence-corrected chi connectivity index (χ4v) is 5.14. The lowest BCUT2D eigenvalue weighted by atomic mass is 10.1. The number of aromatic nitrogens is 2. The van der Waals surface area contributed by atoms with Gasteiger partial charge >= 0.3 is 0 Å². The highest BCUT2D eigenvalue weighted by molar-refractivity contribution is 6.05. The van der Waals surface area contributed by atoms with Crippen LogP contribution in [-0.4, -0.2) is 27.8 Å². The first-order valence-corrected chi connectivity index (χ1v) is 14.3. The van der Waals surface area contributed by atoms with Crippen LogP contribution in [0.5, 0.6) is 0 Å². The Bertz CT molecular complexity index is 1850. The van der Waals surface area contributed by atoms with E-state index in [2.05, 4.69) is 65.0 Å². The molecule has 1 amide bonds. The van der Waals surface area contributed by atoms with Crippen LogP contribution in [0.4, 0.5) is 17.3 Å². The minimum absolute atomic E-state index is 0.155. The van der Waals surface area contributed by atoms with Gasteiger partial charge in [0.05, 0.1) is 11.2 Å². The molecule has 0 fully saturated rings. The summed E-state index contributed by atoms with van der Waals surface area (Å²) in [5.41, 5.74) is 8.37. The number of carbonyl (C=O) groups excluding carboxylic acids is 1. The minimum atomic E-state index is -0.155. The van der Waals surface area contributed by atoms with Crippen molar-refractivity contribution in [3.63, 3.8) is 0 Å². The number of benzene rings is 5. The van der Waals surface area contributed by atoms with Crippen LogP contribution in [0.1, 0.15) is 27.0 Å². The Morgan fingerprint density at radius 1 is 0.721 bits per heavy atom. The summed E-state index contributed by atoms with van der Waals surface area (Å²) in [5.74, 6) is 0.345. The summed E-state index contributed by atoms with van der Waals surface area (Å²) in [6, 6.07) is 42.1. The predicted octanol–water partition coefficient (Wildman–Crippen LogP) is 8.23. The van der Waals surface area contributed by atoms with Crippen LogP contribution in [0.2, 0.25) is 0 Å². The molecule has 2 N–H and O–H groups in total. The second-order valence-electron chi connectivity index (χ2n) is 10.7. The van der Waals surface area contributed by atoms with E-state index in [0.717, 1.165) is 57.8 Å². The number of anilines is 3. The van der Waals surface area contributed by atoms with Crippen LogP contribution >= 0.6 is 0 Å². The van der Waals surface area contributed by atoms with Crippen molar-refractivity contribution in [2.24, 2.45) is 0 Å². The average molecular weight is 564 g/mol. The van der Waals surface area contributed by atoms with Crippen LogP contribution in [-0.2, 0) is 13.1 Å². The molecule has 0 bridgehead atoms. The number of nitrogens with one attached hydrogen (secondary N) is 2. The Morgan fingerprint density at radius 3 is 2.16 bits per heavy atom. The number of amides is 1. The molecular formula is C37H33N5O. The number of para-hydroxylation sites is 1. The lowest BCUT2D eigenvalue weighted by Gasteiger charge is -2.18. The van der Waals surface area contributed by atoms with Gasteiger partial charge < -0.3 is 10.6 Å². The average Bonchev–Trinajstić information content (AvgIpc) is 3.03. The first-order chi connectivity index (χ1) is 21.0. The number of carbonyl (C=O) groups is 1. The van der Waals surface area contributed by atoms with Gasteiger partial charge in [-0.25, -0.2) is 9.97 Å². The molecule has 0 spiro atoms. The maximum Gasteiger partial charge on any atom is 0.255 e. The van der Waals surface area contributed by atoms with Crippen molar-refractivity contribution in [1.29, 1.82) is 0 Å². The van der Waals surface area contributed by atoms with E-state index in [1.165, 1.54) is 5.56 Å². The number of hydrogen-bond acceptors (Lipinski definition) is 5. The van der Waals surface area contributed by atoms with Gasteiger partial charge in [0, 0.05) is 41.0 Å². The number of aryl methyl sites for hydroxylation is 1. The van der Waals surface area contributed by atoms with Crippen LogP contribution < -0.4 is 10.6 Å². The minimum Gasteiger partial charge on any atom is -0.324 e. The Hall–Kier alpha value is -5.33. The molecule has 6 heteroatoms. The molecule has 0 aliphatic rings. The van der Waals surface area contributed by atoms with Gasteiger partial charge in [-0.1, -0.05) is 91.0 Å². The summed E-state index contributed by atoms with van der Waals surface area (Å²) < 4.78 is 0. The summed E-state index contributed by atoms with van der Waals surface area (Å²) in [6.07, 6.45) is 0. The molecule has 0 aliphatic carbocycles. The van der Waals surface area contributed by atoms with Gasteiger partial charge in [-0.2, -0.15) is 0 Å². The van der Waals surface area contributed by atoms with Gasteiger partial charge in [-0.3, -0.25) is 9.69 Å². The van der Waals surface area contributed by atoms with Crippen molar-refractivity contribution in [3.05, 3.63) is 150 Å². The molecule has 5 aromatic carbocycles. The second-order valence-corrected chi connectivity index (χ2v) is 10.7. The lowest BCUT2D eigenvalue weighted by molar-refractivity contribution is 0.102. The Morgan fingerprint density at radius 2 is 1.40 bits per heavy atom. The first-order valence-electron chi connectivity index (χ1n) is 14.3. The lowest BCUT2D eigenvalue weighted by Crippen LogP contribution is -2.18. The molecular weight excluding hydrogens is 530 g/mol. The van der Waals surface area contributed by atoms with Gasteiger partial charge in [0.15, 0.2) is 0 Å². The fourth-order valence-electron chi connectivity index (χ4n) is 5.14. The van der Waals surface area contributed by atoms with E-state index < -0.39 is 0 Å². The molecule has 0 saturated heterocycles. The zero-order valence-electron chi connectivity index (χ0n) is 24.3. The van der Waals surface area contributed by atoms with Crippen molar-refractivity contribution in [3.8, 4) is 11.3 Å². The molecule has 0 radical (unpaired) electrons. The van der Waals surface area contributed by atoms with Gasteiger partial charge in [-0.05, 0) is 67.1 Å². The summed E-state index contributed by atoms with van der Waals surface area (Å²) in [6.45, 7) is 3.64. The molecule has 43 heavy (non-hydrogen) atoms. The number of nitrogens with zero attached hydrogens (tertiary/aromatic N) is 3. The molecule has 0 aliphatic heterocycles. The molecule has 0 saturated carbocycles. The molecule has 1 heterocycles. The van der Waals surface area contributed by atoms with E-state index in [1.807, 2.05) is 91.9 Å². The van der Waals surface area contributed by atoms with Crippen molar-refractivity contribution >= 4 is 34.1 Å². The molecule has 1 aromatic heterocycles. The smallest absolute Gasteiger partial charge is 0.255 e. The summed E-state index contributed by atoms with van der Waals surface area (Å²) in [5, 5.41) is 7.41. The molecule has 6 aromatic rings. The maximum absolute atomic E-state index is 13.2. The summed E-state index contributed by atoms with van der Waals surface area (Å²) >= 11 is 0. The number of fused-ring (bicyclic) bond motifs is 1. The van der Waals surface area contributed by atoms with Gasteiger partial charge in [0.2, 0.25) is 5.95 Å². The second kappa shape index (κ2) is 12.7. The van der Waals surface area contributed by atoms with E-state index in [1.54, 1.807) is 0 Å². The summed E-state index contributed by atoms with van der Waals surface area (Å²) in [7, 11) is 2.10. The SMILES string of the molecule is Cc1ccc(CN(C)Cc2ccccc2)cc1NC(=O)c1ccc(Nc2nc(-c3ccccc3)c3ccccc3n2)cc1. The van der Waals surface area contributed by atoms with Gasteiger partial charge in [0.1, 0.15) is 0 Å². The van der Waals surface area contributed by atoms with Crippen molar-refractivity contribution in [2.45, 2.75) is 20.0 Å². The zero-order valence-corrected chi connectivity index (χ0v) is 24.3. The number of hydrogen-bond donors (Lipinski definition) is 2. The van der Waals surface area contributed by atoms with Crippen LogP contribution in [0.3, 0.4) is 0 Å². The molecule has 0 atom stereocenters. The third-order valence-electron chi connectivity index (χ3n) is 7.35. The van der Waals surface area contributed by atoms with Crippen LogP contribution in [0, 0.1) is 6.92 Å². The van der Waals surface area contributed by atoms with Crippen molar-refractivity contribution in [2.75, 3.05) is 17.7 Å². The topological polar surface area (TPSA) is 70.2 Å². The van der Waals surface area contributed by atoms with Crippen molar-refractivity contribution < 1.29 is 4.79 Å². The summed E-state index contributed by atoms with van der Waals surface area (Å²) in [4.78, 5) is 25.0. The molecule has 212 valence electrons. The van der Waals surface area contributed by atoms with E-state index in [-0.39, 0.29) is 5.91 Å².